The third-order valence-corrected chi connectivity index (χ3v) is 10.7. The van der Waals surface area contributed by atoms with Crippen LogP contribution in [0.2, 0.25) is 0 Å². The number of benzene rings is 4. The Bertz CT molecular complexity index is 2420. The van der Waals surface area contributed by atoms with Crippen LogP contribution in [-0.2, 0) is 6.42 Å². The third-order valence-electron chi connectivity index (χ3n) is 10.7. The summed E-state index contributed by atoms with van der Waals surface area (Å²) in [6.07, 6.45) is 21.2. The lowest BCUT2D eigenvalue weighted by atomic mass is 9.82. The van der Waals surface area contributed by atoms with Crippen LogP contribution in [0.25, 0.3) is 50.3 Å². The minimum atomic E-state index is -0.0725. The zero-order valence-electron chi connectivity index (χ0n) is 26.6. The first-order valence-electron chi connectivity index (χ1n) is 17.1. The quantitative estimate of drug-likeness (QED) is 0.197. The van der Waals surface area contributed by atoms with Gasteiger partial charge in [0.1, 0.15) is 11.9 Å². The summed E-state index contributed by atoms with van der Waals surface area (Å²) in [7, 11) is 0. The monoisotopic (exact) mass is 618 g/mol. The Morgan fingerprint density at radius 2 is 1.60 bits per heavy atom. The smallest absolute Gasteiger partial charge is 0.128 e. The topological polar surface area (TPSA) is 27.1 Å². The number of aryl methyl sites for hydroxylation is 1. The van der Waals surface area contributed by atoms with Gasteiger partial charge in [0.15, 0.2) is 0 Å². The van der Waals surface area contributed by atoms with Crippen LogP contribution in [0.15, 0.2) is 151 Å². The molecular formula is C45H34N2O. The number of hydrogen-bond donors (Lipinski definition) is 0. The second-order valence-corrected chi connectivity index (χ2v) is 13.3. The molecule has 230 valence electrons. The fourth-order valence-corrected chi connectivity index (χ4v) is 8.39. The van der Waals surface area contributed by atoms with Crippen LogP contribution in [0.5, 0.6) is 5.75 Å². The number of fused-ring (bicyclic) bond motifs is 7. The van der Waals surface area contributed by atoms with Crippen molar-refractivity contribution in [2.45, 2.75) is 31.3 Å². The van der Waals surface area contributed by atoms with E-state index in [4.69, 9.17) is 9.72 Å². The maximum absolute atomic E-state index is 6.78. The van der Waals surface area contributed by atoms with Crippen molar-refractivity contribution in [1.82, 2.24) is 9.55 Å². The van der Waals surface area contributed by atoms with Crippen molar-refractivity contribution in [3.8, 4) is 22.6 Å². The summed E-state index contributed by atoms with van der Waals surface area (Å²) < 4.78 is 9.23. The lowest BCUT2D eigenvalue weighted by molar-refractivity contribution is 0.271. The molecule has 4 aliphatic rings. The highest BCUT2D eigenvalue weighted by atomic mass is 16.5. The molecule has 0 radical (unpaired) electrons. The molecule has 3 nitrogen and oxygen atoms in total. The molecule has 3 heteroatoms. The van der Waals surface area contributed by atoms with Gasteiger partial charge in [-0.3, -0.25) is 0 Å². The van der Waals surface area contributed by atoms with E-state index in [-0.39, 0.29) is 12.0 Å². The zero-order valence-corrected chi connectivity index (χ0v) is 26.6. The maximum atomic E-state index is 6.78. The van der Waals surface area contributed by atoms with Crippen LogP contribution < -0.4 is 4.74 Å². The molecule has 0 amide bonds. The average Bonchev–Trinajstić information content (AvgIpc) is 3.70. The van der Waals surface area contributed by atoms with Crippen molar-refractivity contribution in [1.29, 1.82) is 0 Å². The van der Waals surface area contributed by atoms with Gasteiger partial charge in [0.2, 0.25) is 0 Å². The highest BCUT2D eigenvalue weighted by molar-refractivity contribution is 5.97. The molecule has 48 heavy (non-hydrogen) atoms. The number of aromatic nitrogens is 2. The normalized spacial score (nSPS) is 20.6. The molecule has 0 bridgehead atoms. The lowest BCUT2D eigenvalue weighted by Gasteiger charge is -2.23. The van der Waals surface area contributed by atoms with Crippen LogP contribution in [0.1, 0.15) is 41.3 Å². The first-order chi connectivity index (χ1) is 23.8. The van der Waals surface area contributed by atoms with E-state index in [1.807, 2.05) is 0 Å². The molecule has 10 rings (SSSR count). The van der Waals surface area contributed by atoms with Crippen molar-refractivity contribution in [3.63, 3.8) is 0 Å². The summed E-state index contributed by atoms with van der Waals surface area (Å²) in [4.78, 5) is 5.23. The summed E-state index contributed by atoms with van der Waals surface area (Å²) in [5.41, 5.74) is 13.5. The van der Waals surface area contributed by atoms with Gasteiger partial charge < -0.3 is 9.30 Å². The minimum absolute atomic E-state index is 0.0725. The zero-order chi connectivity index (χ0) is 31.6. The van der Waals surface area contributed by atoms with Crippen LogP contribution in [0.4, 0.5) is 0 Å². The minimum Gasteiger partial charge on any atom is -0.485 e. The van der Waals surface area contributed by atoms with Gasteiger partial charge in [0, 0.05) is 34.0 Å². The van der Waals surface area contributed by atoms with E-state index in [1.165, 1.54) is 55.4 Å². The Hall–Kier alpha value is -5.67. The predicted molar refractivity (Wildman–Crippen MR) is 197 cm³/mol. The lowest BCUT2D eigenvalue weighted by Crippen LogP contribution is -2.19. The van der Waals surface area contributed by atoms with Gasteiger partial charge in [-0.15, -0.1) is 0 Å². The Morgan fingerprint density at radius 1 is 0.750 bits per heavy atom. The van der Waals surface area contributed by atoms with E-state index >= 15 is 0 Å². The standard InChI is InChI=1S/C45H34N2O/c1-3-12-29(13-4-1)31-22-24-35-34-17-8-10-20-41(34)47(42(35)26-31)32-23-25-37-44(27-32)48-43-21-11-18-36(45(37)43)40-28-38(30-14-5-2-6-15-30)33-16-7-9-19-39(33)46-40/h1-12,14-21,23,25-29,43,45H,13,22,24H2. The third kappa shape index (κ3) is 4.31. The van der Waals surface area contributed by atoms with Crippen molar-refractivity contribution in [2.75, 3.05) is 0 Å². The second-order valence-electron chi connectivity index (χ2n) is 13.3. The molecule has 2 aromatic heterocycles. The average molecular weight is 619 g/mol. The molecule has 3 atom stereocenters. The number of para-hydroxylation sites is 2. The van der Waals surface area contributed by atoms with E-state index in [2.05, 4.69) is 156 Å². The van der Waals surface area contributed by atoms with Gasteiger partial charge in [-0.2, -0.15) is 0 Å². The first kappa shape index (κ1) is 27.4. The Labute approximate surface area is 280 Å². The fourth-order valence-electron chi connectivity index (χ4n) is 8.39. The van der Waals surface area contributed by atoms with Crippen LogP contribution in [0.3, 0.4) is 0 Å². The summed E-state index contributed by atoms with van der Waals surface area (Å²) in [6.45, 7) is 0. The van der Waals surface area contributed by atoms with Gasteiger partial charge in [-0.25, -0.2) is 4.98 Å². The predicted octanol–water partition coefficient (Wildman–Crippen LogP) is 10.8. The Balaban J connectivity index is 1.08. The second kappa shape index (κ2) is 11.0. The molecule has 1 aliphatic heterocycles. The summed E-state index contributed by atoms with van der Waals surface area (Å²) in [5, 5.41) is 2.51. The molecule has 3 aliphatic carbocycles. The molecule has 0 fully saturated rings. The number of pyridine rings is 1. The van der Waals surface area contributed by atoms with Crippen molar-refractivity contribution in [2.24, 2.45) is 5.92 Å². The molecule has 4 aromatic carbocycles. The summed E-state index contributed by atoms with van der Waals surface area (Å²) in [5.74, 6) is 1.50. The van der Waals surface area contributed by atoms with Crippen LogP contribution >= 0.6 is 0 Å². The Morgan fingerprint density at radius 3 is 2.50 bits per heavy atom. The number of ether oxygens (including phenoxy) is 1. The highest BCUT2D eigenvalue weighted by Crippen LogP contribution is 2.49. The number of rotatable bonds is 4. The van der Waals surface area contributed by atoms with E-state index < -0.39 is 0 Å². The molecule has 6 aromatic rings. The molecule has 0 spiro atoms. The van der Waals surface area contributed by atoms with Crippen molar-refractivity contribution >= 4 is 33.5 Å². The largest absolute Gasteiger partial charge is 0.485 e. The van der Waals surface area contributed by atoms with Gasteiger partial charge in [-0.05, 0) is 77.9 Å². The molecule has 0 saturated carbocycles. The Kier molecular flexibility index (Phi) is 6.26. The van der Waals surface area contributed by atoms with Crippen LogP contribution in [-0.4, -0.2) is 15.7 Å². The van der Waals surface area contributed by atoms with Gasteiger partial charge in [0.25, 0.3) is 0 Å². The SMILES string of the molecule is C1=CCC(C2=Cc3c(c4ccccc4n3-c3ccc4c(c3)OC3C=CC=C(c5cc(-c6ccccc6)c6ccccc6n5)C43)CC2)C=C1. The number of hydrogen-bond acceptors (Lipinski definition) is 2. The van der Waals surface area contributed by atoms with E-state index in [0.717, 1.165) is 41.9 Å². The van der Waals surface area contributed by atoms with Gasteiger partial charge in [-0.1, -0.05) is 115 Å². The number of nitrogens with zero attached hydrogens (tertiary/aromatic N) is 2. The van der Waals surface area contributed by atoms with Gasteiger partial charge in [0.05, 0.1) is 28.3 Å². The van der Waals surface area contributed by atoms with Crippen LogP contribution in [0, 0.1) is 5.92 Å². The van der Waals surface area contributed by atoms with E-state index in [1.54, 1.807) is 0 Å². The number of allylic oxidation sites excluding steroid dienone is 7. The van der Waals surface area contributed by atoms with E-state index in [0.29, 0.717) is 5.92 Å². The summed E-state index contributed by atoms with van der Waals surface area (Å²) >= 11 is 0. The maximum Gasteiger partial charge on any atom is 0.128 e. The van der Waals surface area contributed by atoms with Crippen molar-refractivity contribution in [3.05, 3.63) is 174 Å². The molecule has 3 heterocycles. The molecular weight excluding hydrogens is 585 g/mol. The van der Waals surface area contributed by atoms with Gasteiger partial charge >= 0.3 is 0 Å². The molecule has 0 N–H and O–H groups in total. The first-order valence-corrected chi connectivity index (χ1v) is 17.1. The van der Waals surface area contributed by atoms with Crippen molar-refractivity contribution < 1.29 is 4.74 Å². The van der Waals surface area contributed by atoms with E-state index in [9.17, 15) is 0 Å². The molecule has 3 unspecified atom stereocenters. The molecule has 0 saturated heterocycles. The fraction of sp³-hybridized carbons (Fsp3) is 0.133. The highest BCUT2D eigenvalue weighted by Gasteiger charge is 2.38. The summed E-state index contributed by atoms with van der Waals surface area (Å²) in [6, 6.07) is 37.1.